The molecule has 0 saturated carbocycles. The van der Waals surface area contributed by atoms with E-state index in [4.69, 9.17) is 11.6 Å². The Bertz CT molecular complexity index is 746. The van der Waals surface area contributed by atoms with Gasteiger partial charge in [-0.3, -0.25) is 0 Å². The van der Waals surface area contributed by atoms with E-state index in [-0.39, 0.29) is 11.7 Å². The third-order valence-electron chi connectivity index (χ3n) is 3.63. The Morgan fingerprint density at radius 3 is 2.62 bits per heavy atom. The Labute approximate surface area is 162 Å². The van der Waals surface area contributed by atoms with Crippen LogP contribution in [0.5, 0.6) is 0 Å². The highest BCUT2D eigenvalue weighted by molar-refractivity contribution is 7.09. The van der Waals surface area contributed by atoms with E-state index in [1.165, 1.54) is 18.4 Å². The average Bonchev–Trinajstić information content (AvgIpc) is 3.08. The Hall–Kier alpha value is -2.12. The van der Waals surface area contributed by atoms with Crippen molar-refractivity contribution >= 4 is 40.6 Å². The van der Waals surface area contributed by atoms with Gasteiger partial charge in [0.15, 0.2) is 5.69 Å². The number of aromatic nitrogens is 1. The molecule has 0 aliphatic heterocycles. The molecule has 2 amide bonds. The molecule has 0 atom stereocenters. The van der Waals surface area contributed by atoms with Crippen molar-refractivity contribution in [1.29, 1.82) is 0 Å². The number of nitrogens with zero attached hydrogens (tertiary/aromatic N) is 2. The highest BCUT2D eigenvalue weighted by Crippen LogP contribution is 2.17. The van der Waals surface area contributed by atoms with Crippen LogP contribution in [0.1, 0.15) is 35.8 Å². The Kier molecular flexibility index (Phi) is 7.41. The Morgan fingerprint density at radius 2 is 2.00 bits per heavy atom. The van der Waals surface area contributed by atoms with E-state index >= 15 is 0 Å². The molecule has 1 heterocycles. The topological polar surface area (TPSA) is 71.5 Å². The van der Waals surface area contributed by atoms with Crippen molar-refractivity contribution in [2.24, 2.45) is 5.92 Å². The van der Waals surface area contributed by atoms with Gasteiger partial charge in [-0.2, -0.15) is 0 Å². The summed E-state index contributed by atoms with van der Waals surface area (Å²) in [5.41, 5.74) is 0.928. The number of nitrogens with one attached hydrogen (secondary N) is 1. The molecule has 1 aromatic carbocycles. The first-order valence-electron chi connectivity index (χ1n) is 8.23. The molecule has 2 rings (SSSR count). The average molecular weight is 396 g/mol. The molecule has 8 heteroatoms. The number of ether oxygens (including phenoxy) is 1. The summed E-state index contributed by atoms with van der Waals surface area (Å²) in [6.07, 6.45) is 0.864. The van der Waals surface area contributed by atoms with Crippen molar-refractivity contribution in [1.82, 2.24) is 9.88 Å². The van der Waals surface area contributed by atoms with Crippen molar-refractivity contribution in [2.75, 3.05) is 19.0 Å². The number of carbonyl (C=O) groups excluding carboxylic acids is 2. The van der Waals surface area contributed by atoms with Gasteiger partial charge in [0.1, 0.15) is 5.01 Å². The molecular weight excluding hydrogens is 374 g/mol. The Balaban J connectivity index is 2.08. The van der Waals surface area contributed by atoms with Crippen molar-refractivity contribution in [2.45, 2.75) is 26.8 Å². The first kappa shape index (κ1) is 20.2. The van der Waals surface area contributed by atoms with Crippen LogP contribution in [0.25, 0.3) is 0 Å². The molecule has 1 aromatic heterocycles. The fraction of sp³-hybridized carbons (Fsp3) is 0.389. The smallest absolute Gasteiger partial charge is 0.357 e. The number of urea groups is 1. The largest absolute Gasteiger partial charge is 0.464 e. The Morgan fingerprint density at radius 1 is 1.31 bits per heavy atom. The second kappa shape index (κ2) is 9.54. The quantitative estimate of drug-likeness (QED) is 0.692. The molecule has 2 aromatic rings. The summed E-state index contributed by atoms with van der Waals surface area (Å²) in [7, 11) is 1.32. The van der Waals surface area contributed by atoms with Gasteiger partial charge in [-0.25, -0.2) is 14.6 Å². The number of methoxy groups -OCH3 is 1. The van der Waals surface area contributed by atoms with Gasteiger partial charge in [0.25, 0.3) is 0 Å². The molecular formula is C18H22ClN3O3S. The van der Waals surface area contributed by atoms with Gasteiger partial charge in [-0.1, -0.05) is 25.4 Å². The zero-order valence-corrected chi connectivity index (χ0v) is 16.6. The van der Waals surface area contributed by atoms with Crippen LogP contribution in [0.4, 0.5) is 10.5 Å². The number of amides is 2. The van der Waals surface area contributed by atoms with E-state index in [1.54, 1.807) is 34.5 Å². The lowest BCUT2D eigenvalue weighted by Gasteiger charge is -2.23. The molecule has 140 valence electrons. The van der Waals surface area contributed by atoms with Crippen molar-refractivity contribution < 1.29 is 14.3 Å². The monoisotopic (exact) mass is 395 g/mol. The molecule has 0 fully saturated rings. The van der Waals surface area contributed by atoms with E-state index in [0.29, 0.717) is 34.7 Å². The van der Waals surface area contributed by atoms with Gasteiger partial charge < -0.3 is 15.0 Å². The van der Waals surface area contributed by atoms with Crippen LogP contribution in [0, 0.1) is 5.92 Å². The molecule has 26 heavy (non-hydrogen) atoms. The first-order chi connectivity index (χ1) is 12.4. The van der Waals surface area contributed by atoms with E-state index < -0.39 is 5.97 Å². The SMILES string of the molecule is COC(=O)c1csc(CN(CCC(C)C)C(=O)Nc2ccc(Cl)cc2)n1. The van der Waals surface area contributed by atoms with Crippen LogP contribution in [-0.4, -0.2) is 35.5 Å². The van der Waals surface area contributed by atoms with Gasteiger partial charge in [0.2, 0.25) is 0 Å². The molecule has 0 radical (unpaired) electrons. The summed E-state index contributed by atoms with van der Waals surface area (Å²) in [6.45, 7) is 5.13. The standard InChI is InChI=1S/C18H22ClN3O3S/c1-12(2)8-9-22(10-16-21-15(11-26-16)17(23)25-3)18(24)20-14-6-4-13(19)5-7-14/h4-7,11-12H,8-10H2,1-3H3,(H,20,24). The molecule has 0 saturated heterocycles. The van der Waals surface area contributed by atoms with Crippen LogP contribution >= 0.6 is 22.9 Å². The molecule has 0 spiro atoms. The summed E-state index contributed by atoms with van der Waals surface area (Å²) in [6, 6.07) is 6.72. The van der Waals surface area contributed by atoms with Crippen LogP contribution < -0.4 is 5.32 Å². The van der Waals surface area contributed by atoms with Crippen LogP contribution in [0.15, 0.2) is 29.6 Å². The second-order valence-electron chi connectivity index (χ2n) is 6.16. The molecule has 0 aliphatic carbocycles. The maximum atomic E-state index is 12.7. The maximum Gasteiger partial charge on any atom is 0.357 e. The molecule has 0 unspecified atom stereocenters. The van der Waals surface area contributed by atoms with Crippen LogP contribution in [-0.2, 0) is 11.3 Å². The minimum Gasteiger partial charge on any atom is -0.464 e. The number of esters is 1. The van der Waals surface area contributed by atoms with Gasteiger partial charge in [-0.15, -0.1) is 11.3 Å². The third-order valence-corrected chi connectivity index (χ3v) is 4.72. The number of anilines is 1. The van der Waals surface area contributed by atoms with Crippen LogP contribution in [0.2, 0.25) is 5.02 Å². The predicted molar refractivity (Wildman–Crippen MR) is 104 cm³/mol. The van der Waals surface area contributed by atoms with E-state index in [1.807, 2.05) is 0 Å². The maximum absolute atomic E-state index is 12.7. The summed E-state index contributed by atoms with van der Waals surface area (Å²) in [5.74, 6) is -0.0189. The molecule has 1 N–H and O–H groups in total. The predicted octanol–water partition coefficient (Wildman–Crippen LogP) is 4.66. The number of carbonyl (C=O) groups is 2. The van der Waals surface area contributed by atoms with Crippen molar-refractivity contribution in [3.8, 4) is 0 Å². The number of halogens is 1. The zero-order chi connectivity index (χ0) is 19.1. The molecule has 0 aliphatic rings. The minimum atomic E-state index is -0.480. The number of rotatable bonds is 7. The highest BCUT2D eigenvalue weighted by atomic mass is 35.5. The van der Waals surface area contributed by atoms with E-state index in [0.717, 1.165) is 6.42 Å². The summed E-state index contributed by atoms with van der Waals surface area (Å²) >= 11 is 7.21. The minimum absolute atomic E-state index is 0.220. The second-order valence-corrected chi connectivity index (χ2v) is 7.54. The third kappa shape index (κ3) is 6.00. The molecule has 0 bridgehead atoms. The van der Waals surface area contributed by atoms with Crippen molar-refractivity contribution in [3.05, 3.63) is 45.4 Å². The van der Waals surface area contributed by atoms with Gasteiger partial charge in [-0.05, 0) is 36.6 Å². The lowest BCUT2D eigenvalue weighted by molar-refractivity contribution is 0.0594. The fourth-order valence-electron chi connectivity index (χ4n) is 2.15. The normalized spacial score (nSPS) is 10.7. The highest BCUT2D eigenvalue weighted by Gasteiger charge is 2.18. The molecule has 6 nitrogen and oxygen atoms in total. The summed E-state index contributed by atoms with van der Waals surface area (Å²) in [5, 5.41) is 5.80. The number of benzene rings is 1. The van der Waals surface area contributed by atoms with Crippen LogP contribution in [0.3, 0.4) is 0 Å². The fourth-order valence-corrected chi connectivity index (χ4v) is 3.05. The zero-order valence-electron chi connectivity index (χ0n) is 15.0. The van der Waals surface area contributed by atoms with Gasteiger partial charge in [0, 0.05) is 22.6 Å². The first-order valence-corrected chi connectivity index (χ1v) is 9.49. The van der Waals surface area contributed by atoms with Crippen molar-refractivity contribution in [3.63, 3.8) is 0 Å². The number of hydrogen-bond acceptors (Lipinski definition) is 5. The van der Waals surface area contributed by atoms with E-state index in [2.05, 4.69) is 28.9 Å². The summed E-state index contributed by atoms with van der Waals surface area (Å²) < 4.78 is 4.67. The lowest BCUT2D eigenvalue weighted by atomic mass is 10.1. The lowest BCUT2D eigenvalue weighted by Crippen LogP contribution is -2.35. The number of hydrogen-bond donors (Lipinski definition) is 1. The number of thiazole rings is 1. The van der Waals surface area contributed by atoms with E-state index in [9.17, 15) is 9.59 Å². The summed E-state index contributed by atoms with van der Waals surface area (Å²) in [4.78, 5) is 30.2. The van der Waals surface area contributed by atoms with Gasteiger partial charge in [0.05, 0.1) is 13.7 Å². The van der Waals surface area contributed by atoms with Gasteiger partial charge >= 0.3 is 12.0 Å².